The van der Waals surface area contributed by atoms with Crippen molar-refractivity contribution in [2.75, 3.05) is 0 Å². The fourth-order valence-electron chi connectivity index (χ4n) is 2.15. The Kier molecular flexibility index (Phi) is 3.88. The Hall–Kier alpha value is -1.13. The largest absolute Gasteiger partial charge is 0.241 e. The lowest BCUT2D eigenvalue weighted by molar-refractivity contribution is 0.535. The van der Waals surface area contributed by atoms with E-state index in [-0.39, 0.29) is 6.04 Å². The van der Waals surface area contributed by atoms with Crippen LogP contribution in [0.2, 0.25) is 0 Å². The molecule has 3 nitrogen and oxygen atoms in total. The zero-order chi connectivity index (χ0) is 13.2. The monoisotopic (exact) mass is 265 g/mol. The molecule has 18 heavy (non-hydrogen) atoms. The molecule has 0 spiro atoms. The first-order valence-electron chi connectivity index (χ1n) is 6.25. The van der Waals surface area contributed by atoms with Crippen LogP contribution in [0.4, 0.5) is 0 Å². The molecule has 2 rings (SSSR count). The van der Waals surface area contributed by atoms with Gasteiger partial charge in [-0.15, -0.1) is 0 Å². The van der Waals surface area contributed by atoms with Gasteiger partial charge >= 0.3 is 0 Å². The third-order valence-electron chi connectivity index (χ3n) is 3.34. The van der Waals surface area contributed by atoms with Crippen molar-refractivity contribution in [1.29, 1.82) is 0 Å². The maximum absolute atomic E-state index is 12.2. The summed E-state index contributed by atoms with van der Waals surface area (Å²) >= 11 is 0. The number of hydrogen-bond donors (Lipinski definition) is 1. The Morgan fingerprint density at radius 1 is 1.17 bits per heavy atom. The summed E-state index contributed by atoms with van der Waals surface area (Å²) in [7, 11) is -3.40. The van der Waals surface area contributed by atoms with E-state index >= 15 is 0 Å². The summed E-state index contributed by atoms with van der Waals surface area (Å²) in [4.78, 5) is 0.339. The van der Waals surface area contributed by atoms with Crippen LogP contribution in [-0.4, -0.2) is 14.5 Å². The minimum atomic E-state index is -3.40. The Bertz CT molecular complexity index is 544. The molecule has 0 bridgehead atoms. The van der Waals surface area contributed by atoms with Crippen LogP contribution in [0.25, 0.3) is 0 Å². The molecule has 0 aromatic heterocycles. The highest BCUT2D eigenvalue weighted by molar-refractivity contribution is 7.89. The maximum Gasteiger partial charge on any atom is 0.241 e. The first-order chi connectivity index (χ1) is 8.49. The average Bonchev–Trinajstić information content (AvgIpc) is 2.32. The first-order valence-corrected chi connectivity index (χ1v) is 7.73. The van der Waals surface area contributed by atoms with Crippen LogP contribution in [0.5, 0.6) is 0 Å². The molecule has 0 heterocycles. The van der Waals surface area contributed by atoms with Crippen molar-refractivity contribution < 1.29 is 8.42 Å². The van der Waals surface area contributed by atoms with E-state index in [4.69, 9.17) is 0 Å². The molecule has 0 saturated carbocycles. The second-order valence-electron chi connectivity index (χ2n) is 4.87. The first kappa shape index (κ1) is 13.3. The van der Waals surface area contributed by atoms with E-state index in [1.54, 1.807) is 12.1 Å². The van der Waals surface area contributed by atoms with Gasteiger partial charge in [-0.05, 0) is 45.2 Å². The predicted molar refractivity (Wildman–Crippen MR) is 72.9 cm³/mol. The lowest BCUT2D eigenvalue weighted by Crippen LogP contribution is -2.36. The summed E-state index contributed by atoms with van der Waals surface area (Å²) in [5, 5.41) is 0. The fourth-order valence-corrected chi connectivity index (χ4v) is 3.46. The van der Waals surface area contributed by atoms with Crippen LogP contribution in [0.3, 0.4) is 0 Å². The second kappa shape index (κ2) is 5.24. The smallest absolute Gasteiger partial charge is 0.207 e. The topological polar surface area (TPSA) is 46.2 Å². The van der Waals surface area contributed by atoms with E-state index in [2.05, 4.69) is 10.8 Å². The molecule has 1 unspecified atom stereocenters. The van der Waals surface area contributed by atoms with Gasteiger partial charge in [0.05, 0.1) is 4.90 Å². The molecule has 1 atom stereocenters. The molecule has 0 fully saturated rings. The highest BCUT2D eigenvalue weighted by atomic mass is 32.2. The van der Waals surface area contributed by atoms with Gasteiger partial charge in [0.1, 0.15) is 0 Å². The molecule has 0 saturated heterocycles. The Morgan fingerprint density at radius 2 is 1.83 bits per heavy atom. The van der Waals surface area contributed by atoms with Crippen LogP contribution < -0.4 is 4.72 Å². The van der Waals surface area contributed by atoms with Gasteiger partial charge in [-0.25, -0.2) is 13.1 Å². The SMILES string of the molecule is CC1=CCCCC1NS(=O)(=O)c1ccc(C)cc1. The molecule has 4 heteroatoms. The van der Waals surface area contributed by atoms with Crippen molar-refractivity contribution in [3.05, 3.63) is 41.5 Å². The lowest BCUT2D eigenvalue weighted by atomic mass is 9.96. The van der Waals surface area contributed by atoms with Gasteiger partial charge in [0.15, 0.2) is 0 Å². The highest BCUT2D eigenvalue weighted by Gasteiger charge is 2.22. The van der Waals surface area contributed by atoms with Gasteiger partial charge in [0.25, 0.3) is 0 Å². The highest BCUT2D eigenvalue weighted by Crippen LogP contribution is 2.20. The zero-order valence-electron chi connectivity index (χ0n) is 10.8. The van der Waals surface area contributed by atoms with E-state index in [0.717, 1.165) is 30.4 Å². The zero-order valence-corrected chi connectivity index (χ0v) is 11.6. The standard InChI is InChI=1S/C14H19NO2S/c1-11-7-9-13(10-8-11)18(16,17)15-14-6-4-3-5-12(14)2/h5,7-10,14-15H,3-4,6H2,1-2H3. The molecule has 1 aromatic carbocycles. The van der Waals surface area contributed by atoms with E-state index in [0.29, 0.717) is 4.90 Å². The molecule has 1 aliphatic carbocycles. The minimum Gasteiger partial charge on any atom is -0.207 e. The third-order valence-corrected chi connectivity index (χ3v) is 4.83. The molecular weight excluding hydrogens is 246 g/mol. The number of rotatable bonds is 3. The van der Waals surface area contributed by atoms with Crippen LogP contribution in [0, 0.1) is 6.92 Å². The van der Waals surface area contributed by atoms with Gasteiger partial charge in [0, 0.05) is 6.04 Å². The van der Waals surface area contributed by atoms with Gasteiger partial charge in [0.2, 0.25) is 10.0 Å². The Morgan fingerprint density at radius 3 is 2.44 bits per heavy atom. The number of benzene rings is 1. The fraction of sp³-hybridized carbons (Fsp3) is 0.429. The Labute approximate surface area is 109 Å². The quantitative estimate of drug-likeness (QED) is 0.854. The van der Waals surface area contributed by atoms with Crippen molar-refractivity contribution in [3.63, 3.8) is 0 Å². The van der Waals surface area contributed by atoms with Gasteiger partial charge in [-0.3, -0.25) is 0 Å². The van der Waals surface area contributed by atoms with Crippen molar-refractivity contribution >= 4 is 10.0 Å². The van der Waals surface area contributed by atoms with Gasteiger partial charge < -0.3 is 0 Å². The van der Waals surface area contributed by atoms with Crippen LogP contribution >= 0.6 is 0 Å². The maximum atomic E-state index is 12.2. The average molecular weight is 265 g/mol. The molecular formula is C14H19NO2S. The number of aryl methyl sites for hydroxylation is 1. The number of nitrogens with one attached hydrogen (secondary N) is 1. The van der Waals surface area contributed by atoms with Crippen molar-refractivity contribution in [2.45, 2.75) is 44.0 Å². The van der Waals surface area contributed by atoms with Gasteiger partial charge in [-0.2, -0.15) is 0 Å². The Balaban J connectivity index is 2.19. The third kappa shape index (κ3) is 3.00. The molecule has 0 radical (unpaired) electrons. The summed E-state index contributed by atoms with van der Waals surface area (Å²) in [5.74, 6) is 0. The summed E-state index contributed by atoms with van der Waals surface area (Å²) in [5.41, 5.74) is 2.18. The van der Waals surface area contributed by atoms with E-state index in [1.807, 2.05) is 26.0 Å². The van der Waals surface area contributed by atoms with E-state index in [9.17, 15) is 8.42 Å². The normalized spacial score (nSPS) is 20.6. The summed E-state index contributed by atoms with van der Waals surface area (Å²) < 4.78 is 27.2. The van der Waals surface area contributed by atoms with Crippen LogP contribution in [0.15, 0.2) is 40.8 Å². The molecule has 1 aliphatic rings. The van der Waals surface area contributed by atoms with Crippen molar-refractivity contribution in [1.82, 2.24) is 4.72 Å². The van der Waals surface area contributed by atoms with Crippen LogP contribution in [0.1, 0.15) is 31.7 Å². The number of hydrogen-bond acceptors (Lipinski definition) is 2. The second-order valence-corrected chi connectivity index (χ2v) is 6.58. The number of allylic oxidation sites excluding steroid dienone is 1. The van der Waals surface area contributed by atoms with Crippen molar-refractivity contribution in [2.24, 2.45) is 0 Å². The predicted octanol–water partition coefficient (Wildman–Crippen LogP) is 2.77. The molecule has 0 aliphatic heterocycles. The van der Waals surface area contributed by atoms with E-state index in [1.165, 1.54) is 0 Å². The van der Waals surface area contributed by atoms with Crippen LogP contribution in [-0.2, 0) is 10.0 Å². The van der Waals surface area contributed by atoms with Crippen molar-refractivity contribution in [3.8, 4) is 0 Å². The summed E-state index contributed by atoms with van der Waals surface area (Å²) in [6.07, 6.45) is 5.09. The molecule has 98 valence electrons. The number of sulfonamides is 1. The molecule has 1 N–H and O–H groups in total. The van der Waals surface area contributed by atoms with E-state index < -0.39 is 10.0 Å². The molecule has 1 aromatic rings. The molecule has 0 amide bonds. The lowest BCUT2D eigenvalue weighted by Gasteiger charge is -2.22. The summed E-state index contributed by atoms with van der Waals surface area (Å²) in [6, 6.07) is 6.89. The minimum absolute atomic E-state index is 0.0509. The summed E-state index contributed by atoms with van der Waals surface area (Å²) in [6.45, 7) is 3.93. The van der Waals surface area contributed by atoms with Gasteiger partial charge in [-0.1, -0.05) is 29.3 Å².